The number of fused-ring (bicyclic) bond motifs is 1. The molecule has 1 aromatic carbocycles. The van der Waals surface area contributed by atoms with Gasteiger partial charge in [-0.05, 0) is 25.5 Å². The average Bonchev–Trinajstić information content (AvgIpc) is 2.71. The molecule has 1 unspecified atom stereocenters. The molecule has 0 saturated carbocycles. The minimum Gasteiger partial charge on any atom is -0.465 e. The van der Waals surface area contributed by atoms with E-state index in [1.807, 2.05) is 6.92 Å². The second-order valence-electron chi connectivity index (χ2n) is 4.35. The maximum absolute atomic E-state index is 13.7. The van der Waals surface area contributed by atoms with E-state index in [-0.39, 0.29) is 11.8 Å². The molecule has 0 fully saturated rings. The number of aromatic nitrogens is 2. The van der Waals surface area contributed by atoms with E-state index in [9.17, 15) is 9.18 Å². The Morgan fingerprint density at radius 2 is 2.21 bits per heavy atom. The molecule has 0 aliphatic carbocycles. The molecule has 102 valence electrons. The predicted molar refractivity (Wildman–Crippen MR) is 70.3 cm³/mol. The Hall–Kier alpha value is -1.91. The number of imidazole rings is 1. The SMILES string of the molecule is CCOC(=O)C(CC)c1nc2c(F)cccc2n1C. The lowest BCUT2D eigenvalue weighted by atomic mass is 10.1. The predicted octanol–water partition coefficient (Wildman–Crippen LogP) is 2.77. The summed E-state index contributed by atoms with van der Waals surface area (Å²) >= 11 is 0. The topological polar surface area (TPSA) is 44.1 Å². The van der Waals surface area contributed by atoms with Gasteiger partial charge < -0.3 is 9.30 Å². The zero-order chi connectivity index (χ0) is 14.0. The van der Waals surface area contributed by atoms with Gasteiger partial charge in [-0.25, -0.2) is 9.37 Å². The van der Waals surface area contributed by atoms with E-state index < -0.39 is 5.92 Å². The molecule has 0 amide bonds. The highest BCUT2D eigenvalue weighted by atomic mass is 19.1. The second kappa shape index (κ2) is 5.38. The first-order valence-corrected chi connectivity index (χ1v) is 6.37. The average molecular weight is 264 g/mol. The van der Waals surface area contributed by atoms with Crippen LogP contribution in [0.2, 0.25) is 0 Å². The van der Waals surface area contributed by atoms with Crippen LogP contribution in [0.15, 0.2) is 18.2 Å². The first-order chi connectivity index (χ1) is 9.10. The van der Waals surface area contributed by atoms with Gasteiger partial charge in [-0.15, -0.1) is 0 Å². The number of hydrogen-bond acceptors (Lipinski definition) is 3. The highest BCUT2D eigenvalue weighted by Gasteiger charge is 2.26. The first kappa shape index (κ1) is 13.5. The van der Waals surface area contributed by atoms with Crippen LogP contribution in [0.1, 0.15) is 32.0 Å². The maximum atomic E-state index is 13.7. The summed E-state index contributed by atoms with van der Waals surface area (Å²) in [5, 5.41) is 0. The number of esters is 1. The molecular formula is C14H17FN2O2. The summed E-state index contributed by atoms with van der Waals surface area (Å²) < 4.78 is 20.5. The standard InChI is InChI=1S/C14H17FN2O2/c1-4-9(14(18)19-5-2)13-16-12-10(15)7-6-8-11(12)17(13)3/h6-9H,4-5H2,1-3H3. The lowest BCUT2D eigenvalue weighted by molar-refractivity contribution is -0.145. The summed E-state index contributed by atoms with van der Waals surface area (Å²) in [6, 6.07) is 4.78. The highest BCUT2D eigenvalue weighted by Crippen LogP contribution is 2.25. The molecule has 5 heteroatoms. The second-order valence-corrected chi connectivity index (χ2v) is 4.35. The summed E-state index contributed by atoms with van der Waals surface area (Å²) in [5.41, 5.74) is 0.973. The van der Waals surface area contributed by atoms with Crippen molar-refractivity contribution in [2.24, 2.45) is 7.05 Å². The fraction of sp³-hybridized carbons (Fsp3) is 0.429. The van der Waals surface area contributed by atoms with Crippen molar-refractivity contribution in [3.8, 4) is 0 Å². The molecule has 2 aromatic rings. The molecule has 1 heterocycles. The minimum atomic E-state index is -0.461. The summed E-state index contributed by atoms with van der Waals surface area (Å²) in [6.07, 6.45) is 0.567. The Bertz CT molecular complexity index is 607. The fourth-order valence-electron chi connectivity index (χ4n) is 2.21. The van der Waals surface area contributed by atoms with Crippen LogP contribution in [0.25, 0.3) is 11.0 Å². The van der Waals surface area contributed by atoms with E-state index in [1.54, 1.807) is 30.7 Å². The Balaban J connectivity index is 2.52. The van der Waals surface area contributed by atoms with Gasteiger partial charge in [0.25, 0.3) is 0 Å². The van der Waals surface area contributed by atoms with Crippen LogP contribution in [0.5, 0.6) is 0 Å². The van der Waals surface area contributed by atoms with Crippen LogP contribution < -0.4 is 0 Å². The molecule has 0 bridgehead atoms. The smallest absolute Gasteiger partial charge is 0.316 e. The molecule has 0 aliphatic rings. The van der Waals surface area contributed by atoms with Crippen LogP contribution in [0, 0.1) is 5.82 Å². The van der Waals surface area contributed by atoms with Crippen molar-refractivity contribution < 1.29 is 13.9 Å². The Labute approximate surface area is 111 Å². The van der Waals surface area contributed by atoms with Crippen molar-refractivity contribution in [2.75, 3.05) is 6.61 Å². The van der Waals surface area contributed by atoms with Crippen LogP contribution in [-0.2, 0) is 16.6 Å². The molecule has 19 heavy (non-hydrogen) atoms. The number of aryl methyl sites for hydroxylation is 1. The van der Waals surface area contributed by atoms with E-state index in [4.69, 9.17) is 4.74 Å². The van der Waals surface area contributed by atoms with Crippen LogP contribution in [0.3, 0.4) is 0 Å². The monoisotopic (exact) mass is 264 g/mol. The van der Waals surface area contributed by atoms with E-state index >= 15 is 0 Å². The van der Waals surface area contributed by atoms with Gasteiger partial charge >= 0.3 is 5.97 Å². The molecule has 1 atom stereocenters. The van der Waals surface area contributed by atoms with Crippen molar-refractivity contribution in [3.63, 3.8) is 0 Å². The van der Waals surface area contributed by atoms with Crippen molar-refractivity contribution in [1.29, 1.82) is 0 Å². The van der Waals surface area contributed by atoms with Crippen LogP contribution >= 0.6 is 0 Å². The lowest BCUT2D eigenvalue weighted by Gasteiger charge is -2.13. The molecule has 0 radical (unpaired) electrons. The summed E-state index contributed by atoms with van der Waals surface area (Å²) in [4.78, 5) is 16.2. The Kier molecular flexibility index (Phi) is 3.83. The molecule has 0 N–H and O–H groups in total. The molecule has 0 saturated heterocycles. The van der Waals surface area contributed by atoms with E-state index in [2.05, 4.69) is 4.98 Å². The summed E-state index contributed by atoms with van der Waals surface area (Å²) in [6.45, 7) is 3.98. The van der Waals surface area contributed by atoms with Gasteiger partial charge in [0.15, 0.2) is 5.82 Å². The van der Waals surface area contributed by atoms with Crippen molar-refractivity contribution in [1.82, 2.24) is 9.55 Å². The number of hydrogen-bond donors (Lipinski definition) is 0. The van der Waals surface area contributed by atoms with Crippen LogP contribution in [-0.4, -0.2) is 22.1 Å². The van der Waals surface area contributed by atoms with Gasteiger partial charge in [-0.2, -0.15) is 0 Å². The van der Waals surface area contributed by atoms with E-state index in [0.29, 0.717) is 29.9 Å². The van der Waals surface area contributed by atoms with E-state index in [1.165, 1.54) is 6.07 Å². The molecule has 4 nitrogen and oxygen atoms in total. The van der Waals surface area contributed by atoms with Crippen LogP contribution in [0.4, 0.5) is 4.39 Å². The van der Waals surface area contributed by atoms with Crippen molar-refractivity contribution in [3.05, 3.63) is 29.8 Å². The number of rotatable bonds is 4. The third-order valence-electron chi connectivity index (χ3n) is 3.19. The molecular weight excluding hydrogens is 247 g/mol. The minimum absolute atomic E-state index is 0.294. The zero-order valence-electron chi connectivity index (χ0n) is 11.3. The zero-order valence-corrected chi connectivity index (χ0v) is 11.3. The summed E-state index contributed by atoms with van der Waals surface area (Å²) in [7, 11) is 1.78. The quantitative estimate of drug-likeness (QED) is 0.797. The number of ether oxygens (including phenoxy) is 1. The van der Waals surface area contributed by atoms with Gasteiger partial charge in [0.05, 0.1) is 12.1 Å². The van der Waals surface area contributed by atoms with Crippen molar-refractivity contribution >= 4 is 17.0 Å². The lowest BCUT2D eigenvalue weighted by Crippen LogP contribution is -2.18. The van der Waals surface area contributed by atoms with Gasteiger partial charge in [0.2, 0.25) is 0 Å². The number of carbonyl (C=O) groups excluding carboxylic acids is 1. The maximum Gasteiger partial charge on any atom is 0.316 e. The number of carbonyl (C=O) groups is 1. The molecule has 0 spiro atoms. The number of nitrogens with zero attached hydrogens (tertiary/aromatic N) is 2. The number of halogens is 1. The number of benzene rings is 1. The third-order valence-corrected chi connectivity index (χ3v) is 3.19. The summed E-state index contributed by atoms with van der Waals surface area (Å²) in [5.74, 6) is -0.611. The van der Waals surface area contributed by atoms with Crippen molar-refractivity contribution in [2.45, 2.75) is 26.2 Å². The molecule has 0 aliphatic heterocycles. The van der Waals surface area contributed by atoms with Gasteiger partial charge in [-0.3, -0.25) is 4.79 Å². The first-order valence-electron chi connectivity index (χ1n) is 6.37. The fourth-order valence-corrected chi connectivity index (χ4v) is 2.21. The molecule has 2 rings (SSSR count). The Morgan fingerprint density at radius 1 is 1.47 bits per heavy atom. The number of para-hydroxylation sites is 1. The third kappa shape index (κ3) is 2.32. The van der Waals surface area contributed by atoms with Gasteiger partial charge in [-0.1, -0.05) is 13.0 Å². The largest absolute Gasteiger partial charge is 0.465 e. The van der Waals surface area contributed by atoms with Gasteiger partial charge in [0, 0.05) is 7.05 Å². The highest BCUT2D eigenvalue weighted by molar-refractivity contribution is 5.81. The normalized spacial score (nSPS) is 12.6. The van der Waals surface area contributed by atoms with Gasteiger partial charge in [0.1, 0.15) is 17.3 Å². The molecule has 1 aromatic heterocycles. The van der Waals surface area contributed by atoms with E-state index in [0.717, 1.165) is 0 Å². The Morgan fingerprint density at radius 3 is 2.79 bits per heavy atom.